The summed E-state index contributed by atoms with van der Waals surface area (Å²) in [7, 11) is 0. The summed E-state index contributed by atoms with van der Waals surface area (Å²) in [4.78, 5) is 10.4. The van der Waals surface area contributed by atoms with Crippen molar-refractivity contribution in [2.45, 2.75) is 18.4 Å². The monoisotopic (exact) mass is 177 g/mol. The lowest BCUT2D eigenvalue weighted by Gasteiger charge is -1.99. The van der Waals surface area contributed by atoms with Gasteiger partial charge in [-0.15, -0.1) is 0 Å². The third-order valence-electron chi connectivity index (χ3n) is 2.23. The highest BCUT2D eigenvalue weighted by atomic mass is 16.6. The van der Waals surface area contributed by atoms with Gasteiger partial charge in [0.1, 0.15) is 6.10 Å². The van der Waals surface area contributed by atoms with Gasteiger partial charge < -0.3 is 10.5 Å². The van der Waals surface area contributed by atoms with Crippen molar-refractivity contribution in [3.8, 4) is 0 Å². The Bertz CT molecular complexity index is 310. The Morgan fingerprint density at radius 1 is 1.38 bits per heavy atom. The molecule has 13 heavy (non-hydrogen) atoms. The van der Waals surface area contributed by atoms with E-state index in [0.717, 1.165) is 6.42 Å². The van der Waals surface area contributed by atoms with E-state index in [1.54, 1.807) is 0 Å². The molecule has 1 aliphatic carbocycles. The molecule has 2 atom stereocenters. The number of primary amides is 1. The van der Waals surface area contributed by atoms with E-state index >= 15 is 0 Å². The van der Waals surface area contributed by atoms with Crippen molar-refractivity contribution >= 4 is 6.09 Å². The molecule has 1 aromatic carbocycles. The number of carbonyl (C=O) groups is 1. The highest BCUT2D eigenvalue weighted by Crippen LogP contribution is 2.42. The average Bonchev–Trinajstić information content (AvgIpc) is 2.84. The van der Waals surface area contributed by atoms with Gasteiger partial charge in [0.15, 0.2) is 0 Å². The van der Waals surface area contributed by atoms with Crippen LogP contribution < -0.4 is 5.73 Å². The number of carbonyl (C=O) groups excluding carboxylic acids is 1. The summed E-state index contributed by atoms with van der Waals surface area (Å²) in [6, 6.07) is 10.0. The number of ether oxygens (including phenoxy) is 1. The number of hydrogen-bond acceptors (Lipinski definition) is 2. The van der Waals surface area contributed by atoms with Crippen molar-refractivity contribution in [2.75, 3.05) is 0 Å². The van der Waals surface area contributed by atoms with E-state index in [2.05, 4.69) is 0 Å². The second-order valence-electron chi connectivity index (χ2n) is 3.23. The minimum Gasteiger partial charge on any atom is -0.446 e. The third-order valence-corrected chi connectivity index (χ3v) is 2.23. The molecule has 0 aliphatic heterocycles. The van der Waals surface area contributed by atoms with Gasteiger partial charge in [-0.2, -0.15) is 0 Å². The summed E-state index contributed by atoms with van der Waals surface area (Å²) in [5, 5.41) is 0. The minimum absolute atomic E-state index is 0.0000926. The molecule has 68 valence electrons. The maximum Gasteiger partial charge on any atom is 0.404 e. The van der Waals surface area contributed by atoms with Crippen LogP contribution in [0.5, 0.6) is 0 Å². The van der Waals surface area contributed by atoms with Crippen molar-refractivity contribution in [3.05, 3.63) is 35.9 Å². The normalized spacial score (nSPS) is 25.2. The van der Waals surface area contributed by atoms with Gasteiger partial charge in [0.2, 0.25) is 0 Å². The maximum atomic E-state index is 10.4. The zero-order valence-electron chi connectivity index (χ0n) is 7.14. The lowest BCUT2D eigenvalue weighted by Crippen LogP contribution is -2.14. The zero-order chi connectivity index (χ0) is 9.26. The highest BCUT2D eigenvalue weighted by Gasteiger charge is 2.41. The van der Waals surface area contributed by atoms with E-state index in [4.69, 9.17) is 10.5 Å². The summed E-state index contributed by atoms with van der Waals surface area (Å²) in [6.45, 7) is 0. The Labute approximate surface area is 76.5 Å². The molecule has 0 bridgehead atoms. The van der Waals surface area contributed by atoms with Crippen LogP contribution in [0.3, 0.4) is 0 Å². The van der Waals surface area contributed by atoms with Gasteiger partial charge in [-0.3, -0.25) is 0 Å². The largest absolute Gasteiger partial charge is 0.446 e. The molecule has 2 rings (SSSR count). The van der Waals surface area contributed by atoms with E-state index in [-0.39, 0.29) is 6.10 Å². The van der Waals surface area contributed by atoms with Gasteiger partial charge in [-0.25, -0.2) is 4.79 Å². The van der Waals surface area contributed by atoms with Crippen LogP contribution in [0, 0.1) is 0 Å². The van der Waals surface area contributed by atoms with Crippen LogP contribution in [0.2, 0.25) is 0 Å². The molecule has 0 spiro atoms. The van der Waals surface area contributed by atoms with E-state index < -0.39 is 6.09 Å². The number of benzene rings is 1. The van der Waals surface area contributed by atoms with Crippen molar-refractivity contribution in [2.24, 2.45) is 5.73 Å². The second kappa shape index (κ2) is 3.09. The van der Waals surface area contributed by atoms with Crippen molar-refractivity contribution in [1.29, 1.82) is 0 Å². The first-order chi connectivity index (χ1) is 6.27. The molecule has 0 heterocycles. The van der Waals surface area contributed by atoms with Crippen LogP contribution in [0.15, 0.2) is 30.3 Å². The number of amides is 1. The molecule has 2 N–H and O–H groups in total. The first-order valence-electron chi connectivity index (χ1n) is 4.28. The second-order valence-corrected chi connectivity index (χ2v) is 3.23. The van der Waals surface area contributed by atoms with Crippen LogP contribution in [-0.2, 0) is 4.74 Å². The Morgan fingerprint density at radius 2 is 2.08 bits per heavy atom. The van der Waals surface area contributed by atoms with E-state index in [0.29, 0.717) is 5.92 Å². The van der Waals surface area contributed by atoms with Gasteiger partial charge in [0.25, 0.3) is 0 Å². The predicted octanol–water partition coefficient (Wildman–Crippen LogP) is 1.64. The predicted molar refractivity (Wildman–Crippen MR) is 48.3 cm³/mol. The maximum absolute atomic E-state index is 10.4. The molecular formula is C10H11NO2. The van der Waals surface area contributed by atoms with Gasteiger partial charge in [-0.1, -0.05) is 30.3 Å². The van der Waals surface area contributed by atoms with Gasteiger partial charge in [0.05, 0.1) is 0 Å². The number of hydrogen-bond donors (Lipinski definition) is 1. The van der Waals surface area contributed by atoms with Crippen LogP contribution in [-0.4, -0.2) is 12.2 Å². The molecule has 1 fully saturated rings. The van der Waals surface area contributed by atoms with Crippen LogP contribution in [0.25, 0.3) is 0 Å². The summed E-state index contributed by atoms with van der Waals surface area (Å²) in [5.74, 6) is 0.355. The molecule has 0 aromatic heterocycles. The summed E-state index contributed by atoms with van der Waals surface area (Å²) in [6.07, 6.45) is 0.218. The average molecular weight is 177 g/mol. The first-order valence-corrected chi connectivity index (χ1v) is 4.28. The molecule has 1 saturated carbocycles. The van der Waals surface area contributed by atoms with Gasteiger partial charge >= 0.3 is 6.09 Å². The fourth-order valence-electron chi connectivity index (χ4n) is 1.50. The van der Waals surface area contributed by atoms with E-state index in [9.17, 15) is 4.79 Å². The van der Waals surface area contributed by atoms with E-state index in [1.807, 2.05) is 30.3 Å². The SMILES string of the molecule is NC(=O)OC1CC1c1ccccc1. The number of rotatable bonds is 2. The highest BCUT2D eigenvalue weighted by molar-refractivity contribution is 5.65. The van der Waals surface area contributed by atoms with Crippen molar-refractivity contribution in [3.63, 3.8) is 0 Å². The van der Waals surface area contributed by atoms with Crippen LogP contribution >= 0.6 is 0 Å². The quantitative estimate of drug-likeness (QED) is 0.746. The third kappa shape index (κ3) is 1.80. The topological polar surface area (TPSA) is 52.3 Å². The summed E-state index contributed by atoms with van der Waals surface area (Å²) < 4.78 is 4.87. The molecule has 1 aliphatic rings. The standard InChI is InChI=1S/C10H11NO2/c11-10(12)13-9-6-8(9)7-4-2-1-3-5-7/h1-5,8-9H,6H2,(H2,11,12). The molecule has 2 unspecified atom stereocenters. The lowest BCUT2D eigenvalue weighted by molar-refractivity contribution is 0.147. The molecule has 0 saturated heterocycles. The van der Waals surface area contributed by atoms with Crippen molar-refractivity contribution < 1.29 is 9.53 Å². The Hall–Kier alpha value is -1.51. The molecule has 3 nitrogen and oxygen atoms in total. The van der Waals surface area contributed by atoms with Gasteiger partial charge in [0, 0.05) is 5.92 Å². The zero-order valence-corrected chi connectivity index (χ0v) is 7.14. The summed E-state index contributed by atoms with van der Waals surface area (Å²) >= 11 is 0. The lowest BCUT2D eigenvalue weighted by atomic mass is 10.1. The molecular weight excluding hydrogens is 166 g/mol. The summed E-state index contributed by atoms with van der Waals surface area (Å²) in [5.41, 5.74) is 6.13. The van der Waals surface area contributed by atoms with Crippen LogP contribution in [0.1, 0.15) is 17.9 Å². The molecule has 1 amide bonds. The van der Waals surface area contributed by atoms with Crippen LogP contribution in [0.4, 0.5) is 4.79 Å². The number of nitrogens with two attached hydrogens (primary N) is 1. The van der Waals surface area contributed by atoms with Gasteiger partial charge in [-0.05, 0) is 12.0 Å². The fourth-order valence-corrected chi connectivity index (χ4v) is 1.50. The van der Waals surface area contributed by atoms with E-state index in [1.165, 1.54) is 5.56 Å². The Kier molecular flexibility index (Phi) is 1.93. The minimum atomic E-state index is -0.677. The smallest absolute Gasteiger partial charge is 0.404 e. The van der Waals surface area contributed by atoms with Crippen molar-refractivity contribution in [1.82, 2.24) is 0 Å². The Morgan fingerprint density at radius 3 is 2.69 bits per heavy atom. The molecule has 1 aromatic rings. The first kappa shape index (κ1) is 8.10. The molecule has 0 radical (unpaired) electrons. The fraction of sp³-hybridized carbons (Fsp3) is 0.300. The Balaban J connectivity index is 1.97. The molecule has 3 heteroatoms.